The van der Waals surface area contributed by atoms with E-state index in [1.165, 1.54) is 5.56 Å². The number of carbonyl (C=O) groups excluding carboxylic acids is 1. The number of hydrogen-bond acceptors (Lipinski definition) is 3. The summed E-state index contributed by atoms with van der Waals surface area (Å²) in [6.07, 6.45) is 3.87. The number of rotatable bonds is 6. The second kappa shape index (κ2) is 6.51. The summed E-state index contributed by atoms with van der Waals surface area (Å²) >= 11 is 0. The topological polar surface area (TPSA) is 39.2 Å². The standard InChI is InChI=1S/C17H21NO2/c1-4-6-9-20-17-12(3)16(11-19)18-15-8-7-13(5-2)10-14(15)17/h7-8,10-11H,4-6,9H2,1-3H3. The Balaban J connectivity index is 2.57. The maximum atomic E-state index is 11.2. The zero-order valence-corrected chi connectivity index (χ0v) is 12.4. The third-order valence-corrected chi connectivity index (χ3v) is 3.54. The van der Waals surface area contributed by atoms with E-state index in [9.17, 15) is 4.79 Å². The molecule has 20 heavy (non-hydrogen) atoms. The van der Waals surface area contributed by atoms with Gasteiger partial charge in [-0.1, -0.05) is 26.3 Å². The molecule has 0 bridgehead atoms. The van der Waals surface area contributed by atoms with Gasteiger partial charge < -0.3 is 4.74 Å². The minimum Gasteiger partial charge on any atom is -0.493 e. The Bertz CT molecular complexity index is 620. The van der Waals surface area contributed by atoms with Gasteiger partial charge in [0.1, 0.15) is 11.4 Å². The number of benzene rings is 1. The van der Waals surface area contributed by atoms with Gasteiger partial charge in [-0.05, 0) is 37.5 Å². The van der Waals surface area contributed by atoms with E-state index >= 15 is 0 Å². The van der Waals surface area contributed by atoms with Crippen LogP contribution in [0.2, 0.25) is 0 Å². The first-order valence-corrected chi connectivity index (χ1v) is 7.22. The SMILES string of the molecule is CCCCOc1c(C)c(C=O)nc2ccc(CC)cc12. The molecule has 1 aromatic heterocycles. The summed E-state index contributed by atoms with van der Waals surface area (Å²) in [5.41, 5.74) is 3.37. The normalized spacial score (nSPS) is 10.8. The highest BCUT2D eigenvalue weighted by Crippen LogP contribution is 2.31. The first-order valence-electron chi connectivity index (χ1n) is 7.22. The molecule has 0 aliphatic carbocycles. The van der Waals surface area contributed by atoms with Gasteiger partial charge in [0.05, 0.1) is 12.1 Å². The minimum absolute atomic E-state index is 0.466. The average Bonchev–Trinajstić information content (AvgIpc) is 2.48. The van der Waals surface area contributed by atoms with Crippen molar-refractivity contribution in [1.82, 2.24) is 4.98 Å². The molecule has 2 aromatic rings. The maximum Gasteiger partial charge on any atom is 0.168 e. The number of unbranched alkanes of at least 4 members (excludes halogenated alkanes) is 1. The highest BCUT2D eigenvalue weighted by molar-refractivity contribution is 5.91. The molecule has 106 valence electrons. The Morgan fingerprint density at radius 1 is 1.30 bits per heavy atom. The van der Waals surface area contributed by atoms with Crippen LogP contribution in [0.25, 0.3) is 10.9 Å². The van der Waals surface area contributed by atoms with Gasteiger partial charge in [-0.3, -0.25) is 4.79 Å². The van der Waals surface area contributed by atoms with Gasteiger partial charge in [-0.2, -0.15) is 0 Å². The Morgan fingerprint density at radius 3 is 2.75 bits per heavy atom. The molecule has 1 aromatic carbocycles. The highest BCUT2D eigenvalue weighted by atomic mass is 16.5. The van der Waals surface area contributed by atoms with Crippen LogP contribution in [0.15, 0.2) is 18.2 Å². The van der Waals surface area contributed by atoms with Crippen molar-refractivity contribution < 1.29 is 9.53 Å². The predicted molar refractivity (Wildman–Crippen MR) is 81.6 cm³/mol. The van der Waals surface area contributed by atoms with E-state index in [0.29, 0.717) is 12.3 Å². The lowest BCUT2D eigenvalue weighted by Crippen LogP contribution is -2.03. The summed E-state index contributed by atoms with van der Waals surface area (Å²) in [4.78, 5) is 15.6. The number of aromatic nitrogens is 1. The van der Waals surface area contributed by atoms with Crippen LogP contribution < -0.4 is 4.74 Å². The van der Waals surface area contributed by atoms with E-state index in [4.69, 9.17) is 4.74 Å². The Labute approximate surface area is 120 Å². The molecular weight excluding hydrogens is 250 g/mol. The predicted octanol–water partition coefficient (Wildman–Crippen LogP) is 4.10. The number of pyridine rings is 1. The molecular formula is C17H21NO2. The van der Waals surface area contributed by atoms with E-state index in [-0.39, 0.29) is 0 Å². The van der Waals surface area contributed by atoms with Crippen molar-refractivity contribution in [2.45, 2.75) is 40.0 Å². The summed E-state index contributed by atoms with van der Waals surface area (Å²) in [5, 5.41) is 1.00. The van der Waals surface area contributed by atoms with Gasteiger partial charge >= 0.3 is 0 Å². The quantitative estimate of drug-likeness (QED) is 0.586. The van der Waals surface area contributed by atoms with E-state index in [0.717, 1.165) is 47.8 Å². The molecule has 0 saturated heterocycles. The van der Waals surface area contributed by atoms with E-state index in [1.54, 1.807) is 0 Å². The third kappa shape index (κ3) is 2.82. The summed E-state index contributed by atoms with van der Waals surface area (Å²) in [5.74, 6) is 0.806. The number of aryl methyl sites for hydroxylation is 1. The van der Waals surface area contributed by atoms with E-state index < -0.39 is 0 Å². The van der Waals surface area contributed by atoms with Gasteiger partial charge in [0.15, 0.2) is 6.29 Å². The van der Waals surface area contributed by atoms with Crippen LogP contribution in [0, 0.1) is 6.92 Å². The molecule has 2 rings (SSSR count). The second-order valence-electron chi connectivity index (χ2n) is 4.98. The van der Waals surface area contributed by atoms with Crippen LogP contribution in [0.5, 0.6) is 5.75 Å². The van der Waals surface area contributed by atoms with Crippen LogP contribution in [-0.4, -0.2) is 17.9 Å². The first-order chi connectivity index (χ1) is 9.71. The number of carbonyl (C=O) groups is 1. The fourth-order valence-corrected chi connectivity index (χ4v) is 2.23. The summed E-state index contributed by atoms with van der Waals surface area (Å²) < 4.78 is 5.93. The number of nitrogens with zero attached hydrogens (tertiary/aromatic N) is 1. The molecule has 0 amide bonds. The first kappa shape index (κ1) is 14.5. The molecule has 0 fully saturated rings. The van der Waals surface area contributed by atoms with Gasteiger partial charge in [-0.25, -0.2) is 4.98 Å². The van der Waals surface area contributed by atoms with Gasteiger partial charge in [0.2, 0.25) is 0 Å². The molecule has 3 nitrogen and oxygen atoms in total. The molecule has 3 heteroatoms. The van der Waals surface area contributed by atoms with Crippen molar-refractivity contribution in [2.24, 2.45) is 0 Å². The van der Waals surface area contributed by atoms with E-state index in [1.807, 2.05) is 13.0 Å². The molecule has 0 aliphatic heterocycles. The van der Waals surface area contributed by atoms with Crippen molar-refractivity contribution in [1.29, 1.82) is 0 Å². The molecule has 0 unspecified atom stereocenters. The molecule has 0 atom stereocenters. The maximum absolute atomic E-state index is 11.2. The molecule has 0 spiro atoms. The second-order valence-corrected chi connectivity index (χ2v) is 4.98. The Hall–Kier alpha value is -1.90. The van der Waals surface area contributed by atoms with Crippen LogP contribution in [-0.2, 0) is 6.42 Å². The Morgan fingerprint density at radius 2 is 2.10 bits per heavy atom. The van der Waals surface area contributed by atoms with Crippen molar-refractivity contribution in [3.8, 4) is 5.75 Å². The highest BCUT2D eigenvalue weighted by Gasteiger charge is 2.13. The molecule has 0 radical (unpaired) electrons. The number of hydrogen-bond donors (Lipinski definition) is 0. The summed E-state index contributed by atoms with van der Waals surface area (Å²) in [7, 11) is 0. The zero-order valence-electron chi connectivity index (χ0n) is 12.4. The number of ether oxygens (including phenoxy) is 1. The average molecular weight is 271 g/mol. The largest absolute Gasteiger partial charge is 0.493 e. The van der Waals surface area contributed by atoms with Crippen LogP contribution in [0.3, 0.4) is 0 Å². The fourth-order valence-electron chi connectivity index (χ4n) is 2.23. The lowest BCUT2D eigenvalue weighted by atomic mass is 10.0. The van der Waals surface area contributed by atoms with Crippen molar-refractivity contribution in [3.63, 3.8) is 0 Å². The fraction of sp³-hybridized carbons (Fsp3) is 0.412. The smallest absolute Gasteiger partial charge is 0.168 e. The Kier molecular flexibility index (Phi) is 4.72. The van der Waals surface area contributed by atoms with E-state index in [2.05, 4.69) is 31.0 Å². The summed E-state index contributed by atoms with van der Waals surface area (Å²) in [6, 6.07) is 6.13. The van der Waals surface area contributed by atoms with Crippen molar-refractivity contribution in [2.75, 3.05) is 6.61 Å². The van der Waals surface area contributed by atoms with Gasteiger partial charge in [0.25, 0.3) is 0 Å². The molecule has 0 aliphatic rings. The molecule has 0 saturated carbocycles. The van der Waals surface area contributed by atoms with Crippen LogP contribution >= 0.6 is 0 Å². The third-order valence-electron chi connectivity index (χ3n) is 3.54. The molecule has 1 heterocycles. The summed E-state index contributed by atoms with van der Waals surface area (Å²) in [6.45, 7) is 6.83. The zero-order chi connectivity index (χ0) is 14.5. The minimum atomic E-state index is 0.466. The van der Waals surface area contributed by atoms with Crippen LogP contribution in [0.4, 0.5) is 0 Å². The lowest BCUT2D eigenvalue weighted by Gasteiger charge is -2.14. The molecule has 0 N–H and O–H groups in total. The number of fused-ring (bicyclic) bond motifs is 1. The monoisotopic (exact) mass is 271 g/mol. The van der Waals surface area contributed by atoms with Crippen molar-refractivity contribution in [3.05, 3.63) is 35.0 Å². The lowest BCUT2D eigenvalue weighted by molar-refractivity contribution is 0.111. The van der Waals surface area contributed by atoms with Crippen LogP contribution in [0.1, 0.15) is 48.3 Å². The van der Waals surface area contributed by atoms with Gasteiger partial charge in [0, 0.05) is 10.9 Å². The van der Waals surface area contributed by atoms with Gasteiger partial charge in [-0.15, -0.1) is 0 Å². The van der Waals surface area contributed by atoms with Crippen molar-refractivity contribution >= 4 is 17.2 Å². The number of aldehydes is 1.